The zero-order valence-corrected chi connectivity index (χ0v) is 15.1. The van der Waals surface area contributed by atoms with Crippen molar-refractivity contribution < 1.29 is 27.3 Å². The highest BCUT2D eigenvalue weighted by Crippen LogP contribution is 2.29. The molecule has 0 aliphatic rings. The summed E-state index contributed by atoms with van der Waals surface area (Å²) in [5, 5.41) is 8.09. The molecule has 1 heterocycles. The standard InChI is InChI=1S/C19H12ClF3N2O3/c1-11(17-10-16(25-27-17)12-5-7-15(20)8-6-12)24-28-18(26)13-3-2-4-14(9-13)19(21,22)23/h2-10H,1H3/b24-11-. The van der Waals surface area contributed by atoms with E-state index in [1.165, 1.54) is 13.0 Å². The molecular formula is C19H12ClF3N2O3. The van der Waals surface area contributed by atoms with Crippen LogP contribution in [0.5, 0.6) is 0 Å². The topological polar surface area (TPSA) is 64.7 Å². The molecule has 0 amide bonds. The van der Waals surface area contributed by atoms with Crippen molar-refractivity contribution >= 4 is 23.3 Å². The summed E-state index contributed by atoms with van der Waals surface area (Å²) < 4.78 is 43.3. The molecule has 0 spiro atoms. The largest absolute Gasteiger partial charge is 0.416 e. The van der Waals surface area contributed by atoms with Crippen molar-refractivity contribution in [2.45, 2.75) is 13.1 Å². The van der Waals surface area contributed by atoms with Gasteiger partial charge in [0.1, 0.15) is 11.4 Å². The molecule has 3 rings (SSSR count). The first-order chi connectivity index (χ1) is 13.2. The first kappa shape index (κ1) is 19.6. The quantitative estimate of drug-likeness (QED) is 0.320. The molecule has 0 N–H and O–H groups in total. The maximum absolute atomic E-state index is 12.7. The molecule has 28 heavy (non-hydrogen) atoms. The zero-order chi connectivity index (χ0) is 20.3. The second-order valence-corrected chi connectivity index (χ2v) is 6.15. The third-order valence-electron chi connectivity index (χ3n) is 3.70. The van der Waals surface area contributed by atoms with E-state index in [-0.39, 0.29) is 17.0 Å². The van der Waals surface area contributed by atoms with Gasteiger partial charge in [0.05, 0.1) is 11.1 Å². The van der Waals surface area contributed by atoms with E-state index in [1.807, 2.05) is 0 Å². The van der Waals surface area contributed by atoms with Crippen molar-refractivity contribution in [3.8, 4) is 11.3 Å². The van der Waals surface area contributed by atoms with Crippen LogP contribution in [0.15, 0.2) is 64.3 Å². The third-order valence-corrected chi connectivity index (χ3v) is 3.95. The van der Waals surface area contributed by atoms with E-state index >= 15 is 0 Å². The fourth-order valence-electron chi connectivity index (χ4n) is 2.23. The van der Waals surface area contributed by atoms with E-state index in [1.54, 1.807) is 30.3 Å². The maximum Gasteiger partial charge on any atom is 0.416 e. The molecule has 0 atom stereocenters. The second kappa shape index (κ2) is 7.85. The predicted octanol–water partition coefficient (Wildman–Crippen LogP) is 5.59. The van der Waals surface area contributed by atoms with Crippen LogP contribution >= 0.6 is 11.6 Å². The Kier molecular flexibility index (Phi) is 5.51. The van der Waals surface area contributed by atoms with Gasteiger partial charge in [-0.05, 0) is 37.3 Å². The molecule has 0 aliphatic carbocycles. The lowest BCUT2D eigenvalue weighted by atomic mass is 10.1. The lowest BCUT2D eigenvalue weighted by Crippen LogP contribution is -2.08. The number of carbonyl (C=O) groups excluding carboxylic acids is 1. The van der Waals surface area contributed by atoms with Gasteiger partial charge in [0.2, 0.25) is 0 Å². The molecule has 0 saturated heterocycles. The van der Waals surface area contributed by atoms with Crippen molar-refractivity contribution in [1.82, 2.24) is 5.16 Å². The van der Waals surface area contributed by atoms with Gasteiger partial charge in [0.15, 0.2) is 5.76 Å². The summed E-state index contributed by atoms with van der Waals surface area (Å²) >= 11 is 5.84. The Bertz CT molecular complexity index is 1030. The van der Waals surface area contributed by atoms with Crippen LogP contribution in [0.3, 0.4) is 0 Å². The minimum atomic E-state index is -4.56. The van der Waals surface area contributed by atoms with Gasteiger partial charge in [-0.25, -0.2) is 4.79 Å². The highest BCUT2D eigenvalue weighted by molar-refractivity contribution is 6.30. The van der Waals surface area contributed by atoms with E-state index in [0.717, 1.165) is 17.7 Å². The number of oxime groups is 1. The Morgan fingerprint density at radius 1 is 1.14 bits per heavy atom. The van der Waals surface area contributed by atoms with Crippen LogP contribution in [0.2, 0.25) is 5.02 Å². The van der Waals surface area contributed by atoms with Gasteiger partial charge in [-0.1, -0.05) is 40.1 Å². The summed E-state index contributed by atoms with van der Waals surface area (Å²) in [6, 6.07) is 12.4. The van der Waals surface area contributed by atoms with Gasteiger partial charge in [0, 0.05) is 16.7 Å². The molecule has 5 nitrogen and oxygen atoms in total. The van der Waals surface area contributed by atoms with Crippen LogP contribution in [0.1, 0.15) is 28.6 Å². The van der Waals surface area contributed by atoms with Crippen LogP contribution in [-0.2, 0) is 11.0 Å². The fourth-order valence-corrected chi connectivity index (χ4v) is 2.36. The Labute approximate surface area is 162 Å². The van der Waals surface area contributed by atoms with Crippen LogP contribution in [0.25, 0.3) is 11.3 Å². The molecule has 2 aromatic carbocycles. The normalized spacial score (nSPS) is 12.1. The number of benzene rings is 2. The van der Waals surface area contributed by atoms with Crippen LogP contribution < -0.4 is 0 Å². The van der Waals surface area contributed by atoms with Gasteiger partial charge in [-0.2, -0.15) is 13.2 Å². The number of alkyl halides is 3. The minimum absolute atomic E-state index is 0.188. The molecular weight excluding hydrogens is 397 g/mol. The molecule has 0 aliphatic heterocycles. The van der Waals surface area contributed by atoms with E-state index in [4.69, 9.17) is 21.0 Å². The van der Waals surface area contributed by atoms with Crippen molar-refractivity contribution in [3.63, 3.8) is 0 Å². The Morgan fingerprint density at radius 2 is 1.86 bits per heavy atom. The Balaban J connectivity index is 1.72. The molecule has 0 saturated carbocycles. The summed E-state index contributed by atoms with van der Waals surface area (Å²) in [4.78, 5) is 16.7. The number of carbonyl (C=O) groups is 1. The molecule has 0 bridgehead atoms. The van der Waals surface area contributed by atoms with Gasteiger partial charge in [0.25, 0.3) is 0 Å². The monoisotopic (exact) mass is 408 g/mol. The third kappa shape index (κ3) is 4.58. The van der Waals surface area contributed by atoms with Gasteiger partial charge in [-0.3, -0.25) is 0 Å². The van der Waals surface area contributed by atoms with E-state index in [9.17, 15) is 18.0 Å². The summed E-state index contributed by atoms with van der Waals surface area (Å²) in [6.07, 6.45) is -4.56. The minimum Gasteiger partial charge on any atom is -0.354 e. The predicted molar refractivity (Wildman–Crippen MR) is 96.0 cm³/mol. The van der Waals surface area contributed by atoms with E-state index in [0.29, 0.717) is 16.8 Å². The van der Waals surface area contributed by atoms with E-state index in [2.05, 4.69) is 10.3 Å². The molecule has 144 valence electrons. The van der Waals surface area contributed by atoms with Crippen molar-refractivity contribution in [1.29, 1.82) is 0 Å². The number of halogens is 4. The molecule has 0 fully saturated rings. The lowest BCUT2D eigenvalue weighted by molar-refractivity contribution is -0.137. The van der Waals surface area contributed by atoms with Crippen LogP contribution in [-0.4, -0.2) is 16.8 Å². The highest BCUT2D eigenvalue weighted by Gasteiger charge is 2.31. The fraction of sp³-hybridized carbons (Fsp3) is 0.105. The highest BCUT2D eigenvalue weighted by atomic mass is 35.5. The Hall–Kier alpha value is -3.13. The summed E-state index contributed by atoms with van der Waals surface area (Å²) in [5.41, 5.74) is 0.239. The Morgan fingerprint density at radius 3 is 2.54 bits per heavy atom. The number of hydrogen-bond acceptors (Lipinski definition) is 5. The number of rotatable bonds is 4. The van der Waals surface area contributed by atoms with Crippen LogP contribution in [0.4, 0.5) is 13.2 Å². The summed E-state index contributed by atoms with van der Waals surface area (Å²) in [7, 11) is 0. The molecule has 9 heteroatoms. The number of aromatic nitrogens is 1. The first-order valence-electron chi connectivity index (χ1n) is 7.90. The molecule has 1 aromatic heterocycles. The van der Waals surface area contributed by atoms with Gasteiger partial charge >= 0.3 is 12.1 Å². The van der Waals surface area contributed by atoms with Crippen molar-refractivity contribution in [3.05, 3.63) is 76.5 Å². The number of nitrogens with zero attached hydrogens (tertiary/aromatic N) is 2. The summed E-state index contributed by atoms with van der Waals surface area (Å²) in [6.45, 7) is 1.51. The maximum atomic E-state index is 12.7. The lowest BCUT2D eigenvalue weighted by Gasteiger charge is -2.07. The second-order valence-electron chi connectivity index (χ2n) is 5.72. The molecule has 0 radical (unpaired) electrons. The van der Waals surface area contributed by atoms with E-state index < -0.39 is 17.7 Å². The zero-order valence-electron chi connectivity index (χ0n) is 14.3. The molecule has 3 aromatic rings. The SMILES string of the molecule is C/C(=N/OC(=O)c1cccc(C(F)(F)F)c1)c1cc(-c2ccc(Cl)cc2)no1. The first-order valence-corrected chi connectivity index (χ1v) is 8.28. The molecule has 0 unspecified atom stereocenters. The van der Waals surface area contributed by atoms with Gasteiger partial charge < -0.3 is 9.36 Å². The van der Waals surface area contributed by atoms with Gasteiger partial charge in [-0.15, -0.1) is 0 Å². The average molecular weight is 409 g/mol. The smallest absolute Gasteiger partial charge is 0.354 e. The van der Waals surface area contributed by atoms with Crippen molar-refractivity contribution in [2.24, 2.45) is 5.16 Å². The van der Waals surface area contributed by atoms with Crippen LogP contribution in [0, 0.1) is 0 Å². The average Bonchev–Trinajstić information content (AvgIpc) is 3.16. The number of hydrogen-bond donors (Lipinski definition) is 0. The summed E-state index contributed by atoms with van der Waals surface area (Å²) in [5.74, 6) is -0.787. The van der Waals surface area contributed by atoms with Crippen molar-refractivity contribution in [2.75, 3.05) is 0 Å².